The second-order valence-corrected chi connectivity index (χ2v) is 22.3. The summed E-state index contributed by atoms with van der Waals surface area (Å²) >= 11 is 0. The van der Waals surface area contributed by atoms with Crippen LogP contribution >= 0.6 is 0 Å². The number of pyridine rings is 1. The number of hydrogen-bond acceptors (Lipinski definition) is 3. The van der Waals surface area contributed by atoms with E-state index in [0.29, 0.717) is 22.6 Å². The van der Waals surface area contributed by atoms with E-state index < -0.39 is 6.04 Å². The van der Waals surface area contributed by atoms with Gasteiger partial charge in [-0.25, -0.2) is 4.98 Å². The van der Waals surface area contributed by atoms with Gasteiger partial charge in [-0.3, -0.25) is 9.55 Å². The second-order valence-electron chi connectivity index (χ2n) is 22.3. The van der Waals surface area contributed by atoms with Crippen molar-refractivity contribution < 1.29 is 12.0 Å². The predicted octanol–water partition coefficient (Wildman–Crippen LogP) is 16.7. The van der Waals surface area contributed by atoms with E-state index in [2.05, 4.69) is 192 Å². The molecule has 0 bridgehead atoms. The summed E-state index contributed by atoms with van der Waals surface area (Å²) in [5, 5.41) is 12.6. The Kier molecular flexibility index (Phi) is 9.82. The number of phenolic OH excluding ortho intramolecular Hbond substituents is 1. The average Bonchev–Trinajstić information content (AvgIpc) is 3.68. The summed E-state index contributed by atoms with van der Waals surface area (Å²) < 4.78 is 44.6. The lowest BCUT2D eigenvalue weighted by Gasteiger charge is -2.40. The quantitative estimate of drug-likeness (QED) is 0.174. The monoisotopic (exact) mass is 863 g/mol. The van der Waals surface area contributed by atoms with E-state index in [0.717, 1.165) is 61.2 Å². The van der Waals surface area contributed by atoms with Crippen LogP contribution in [-0.4, -0.2) is 19.6 Å². The molecule has 0 unspecified atom stereocenters. The second kappa shape index (κ2) is 16.3. The van der Waals surface area contributed by atoms with Gasteiger partial charge >= 0.3 is 0 Å². The van der Waals surface area contributed by atoms with Crippen molar-refractivity contribution in [2.75, 3.05) is 0 Å². The summed E-state index contributed by atoms with van der Waals surface area (Å²) in [7, 11) is 0. The van der Waals surface area contributed by atoms with Crippen molar-refractivity contribution in [3.05, 3.63) is 168 Å². The summed E-state index contributed by atoms with van der Waals surface area (Å²) in [4.78, 5) is 10.5. The summed E-state index contributed by atoms with van der Waals surface area (Å²) in [5.41, 5.74) is 12.2. The Bertz CT molecular complexity index is 3310. The Hall–Kier alpha value is -6.26. The molecule has 0 aliphatic carbocycles. The minimum absolute atomic E-state index is 0.0377. The van der Waals surface area contributed by atoms with E-state index in [-0.39, 0.29) is 62.6 Å². The number of aromatic hydroxyl groups is 1. The molecule has 0 saturated heterocycles. The molecule has 2 heterocycles. The van der Waals surface area contributed by atoms with E-state index in [1.165, 1.54) is 5.56 Å². The molecular weight excluding hydrogens is 791 g/mol. The molecule has 0 fully saturated rings. The lowest BCUT2D eigenvalue weighted by atomic mass is 9.65. The molecule has 1 N–H and O–H groups in total. The van der Waals surface area contributed by atoms with Gasteiger partial charge in [0.05, 0.1) is 34.8 Å². The maximum Gasteiger partial charge on any atom is 0.149 e. The van der Waals surface area contributed by atoms with Crippen molar-refractivity contribution in [2.45, 2.75) is 119 Å². The fraction of sp³-hybridized carbons (Fsp3) is 0.311. The first-order chi connectivity index (χ1) is 32.5. The molecule has 4 heteroatoms. The molecule has 0 aliphatic heterocycles. The van der Waals surface area contributed by atoms with Crippen molar-refractivity contribution in [3.63, 3.8) is 0 Å². The van der Waals surface area contributed by atoms with Crippen LogP contribution in [0.2, 0.25) is 0 Å². The first-order valence-electron chi connectivity index (χ1n) is 25.3. The van der Waals surface area contributed by atoms with Gasteiger partial charge in [0, 0.05) is 28.5 Å². The van der Waals surface area contributed by atoms with Gasteiger partial charge in [0.15, 0.2) is 0 Å². The van der Waals surface area contributed by atoms with Crippen molar-refractivity contribution in [2.24, 2.45) is 5.41 Å². The van der Waals surface area contributed by atoms with Crippen LogP contribution in [0.5, 0.6) is 5.75 Å². The number of benzene rings is 6. The molecule has 2 aromatic heterocycles. The number of nitrogens with zero attached hydrogens (tertiary/aromatic N) is 3. The average molecular weight is 863 g/mol. The molecule has 8 aromatic rings. The Labute approximate surface area is 395 Å². The molecule has 0 atom stereocenters. The van der Waals surface area contributed by atoms with Crippen LogP contribution in [-0.2, 0) is 21.7 Å². The molecule has 0 saturated carbocycles. The van der Waals surface area contributed by atoms with E-state index >= 15 is 0 Å². The van der Waals surface area contributed by atoms with Crippen LogP contribution in [0, 0.1) is 5.41 Å². The number of phenols is 1. The molecule has 0 radical (unpaired) electrons. The summed E-state index contributed by atoms with van der Waals surface area (Å²) in [5.74, 6) is 0.823. The largest absolute Gasteiger partial charge is 0.507 e. The third kappa shape index (κ3) is 8.68. The zero-order valence-corrected chi connectivity index (χ0v) is 40.8. The van der Waals surface area contributed by atoms with Gasteiger partial charge in [0.25, 0.3) is 0 Å². The van der Waals surface area contributed by atoms with Crippen LogP contribution in [0.15, 0.2) is 146 Å². The van der Waals surface area contributed by atoms with Crippen molar-refractivity contribution in [1.29, 1.82) is 0 Å². The number of aromatic nitrogens is 3. The number of fused-ring (bicyclic) bond motifs is 1. The van der Waals surface area contributed by atoms with Gasteiger partial charge in [0.1, 0.15) is 11.6 Å². The molecule has 8 rings (SSSR count). The number of para-hydroxylation sites is 1. The van der Waals surface area contributed by atoms with Gasteiger partial charge in [-0.05, 0) is 115 Å². The molecule has 0 aliphatic rings. The van der Waals surface area contributed by atoms with E-state index in [4.69, 9.17) is 16.8 Å². The van der Waals surface area contributed by atoms with E-state index in [1.54, 1.807) is 18.3 Å². The predicted molar refractivity (Wildman–Crippen MR) is 276 cm³/mol. The molecule has 332 valence electrons. The van der Waals surface area contributed by atoms with Gasteiger partial charge in [-0.2, -0.15) is 0 Å². The van der Waals surface area contributed by atoms with Crippen LogP contribution < -0.4 is 0 Å². The first-order valence-corrected chi connectivity index (χ1v) is 22.8. The van der Waals surface area contributed by atoms with Gasteiger partial charge < -0.3 is 5.11 Å². The number of imidazole rings is 1. The third-order valence-corrected chi connectivity index (χ3v) is 13.6. The van der Waals surface area contributed by atoms with Crippen LogP contribution in [0.1, 0.15) is 126 Å². The molecule has 4 nitrogen and oxygen atoms in total. The zero-order chi connectivity index (χ0) is 51.2. The zero-order valence-electron chi connectivity index (χ0n) is 45.8. The number of rotatable bonds is 7. The normalized spacial score (nSPS) is 13.9. The summed E-state index contributed by atoms with van der Waals surface area (Å²) in [6.45, 7) is 31.0. The maximum atomic E-state index is 12.6. The topological polar surface area (TPSA) is 50.9 Å². The molecule has 6 aromatic carbocycles. The highest BCUT2D eigenvalue weighted by Crippen LogP contribution is 2.48. The highest BCUT2D eigenvalue weighted by Gasteiger charge is 2.36. The summed E-state index contributed by atoms with van der Waals surface area (Å²) in [6, 6.07) is 36.1. The Morgan fingerprint density at radius 1 is 0.508 bits per heavy atom. The van der Waals surface area contributed by atoms with Crippen LogP contribution in [0.3, 0.4) is 0 Å². The number of hydrogen-bond donors (Lipinski definition) is 1. The standard InChI is InChI=1S/C61H67N3O/c1-57(2,3)45-33-42(32-43(34-45)51-35-41(30-31-62-51)39-22-17-15-18-23-39)47-26-21-27-53-54(47)63-56(49-37-46(58(4,5)6)38-50(55(49)65)59(7,8)9)64(53)52-29-28-44(61(13,14)60(10,11)12)36-48(52)40-24-19-16-20-25-40/h15-38,65H,1-14H3/i15D,17D,18D,22D,23D. The van der Waals surface area contributed by atoms with Crippen molar-refractivity contribution in [1.82, 2.24) is 14.5 Å². The SMILES string of the molecule is [2H]c1c([2H])c([2H])c(-c2ccnc(-c3cc(-c4cccc5c4nc(-c4cc(C(C)(C)C)cc(C(C)(C)C)c4O)n5-c4ccc(C(C)(C)C(C)(C)C)cc4-c4ccccc4)cc(C(C)(C)C)c3)c2)c([2H])c1[2H]. The van der Waals surface area contributed by atoms with Crippen LogP contribution in [0.25, 0.3) is 72.7 Å². The Balaban J connectivity index is 1.47. The summed E-state index contributed by atoms with van der Waals surface area (Å²) in [6.07, 6.45) is 1.63. The van der Waals surface area contributed by atoms with Crippen LogP contribution in [0.4, 0.5) is 0 Å². The Morgan fingerprint density at radius 2 is 1.15 bits per heavy atom. The maximum absolute atomic E-state index is 12.6. The fourth-order valence-electron chi connectivity index (χ4n) is 8.47. The lowest BCUT2D eigenvalue weighted by Crippen LogP contribution is -2.34. The lowest BCUT2D eigenvalue weighted by molar-refractivity contribution is 0.225. The molecular formula is C61H67N3O. The fourth-order valence-corrected chi connectivity index (χ4v) is 8.47. The first kappa shape index (κ1) is 39.1. The third-order valence-electron chi connectivity index (χ3n) is 13.6. The van der Waals surface area contributed by atoms with Crippen molar-refractivity contribution in [3.8, 4) is 67.5 Å². The highest BCUT2D eigenvalue weighted by molar-refractivity contribution is 5.98. The van der Waals surface area contributed by atoms with E-state index in [9.17, 15) is 5.11 Å². The van der Waals surface area contributed by atoms with Gasteiger partial charge in [0.2, 0.25) is 0 Å². The van der Waals surface area contributed by atoms with E-state index in [1.807, 2.05) is 6.07 Å². The molecule has 65 heavy (non-hydrogen) atoms. The Morgan fingerprint density at radius 3 is 1.80 bits per heavy atom. The van der Waals surface area contributed by atoms with Gasteiger partial charge in [-0.1, -0.05) is 188 Å². The minimum atomic E-state index is -0.431. The minimum Gasteiger partial charge on any atom is -0.507 e. The molecule has 0 spiro atoms. The van der Waals surface area contributed by atoms with Crippen molar-refractivity contribution >= 4 is 11.0 Å². The smallest absolute Gasteiger partial charge is 0.149 e. The highest BCUT2D eigenvalue weighted by atomic mass is 16.3. The van der Waals surface area contributed by atoms with Gasteiger partial charge in [-0.15, -0.1) is 0 Å². The molecule has 0 amide bonds.